The molecular formula is C26H35ClO5. The Bertz CT molecular complexity index is 939. The van der Waals surface area contributed by atoms with Crippen molar-refractivity contribution < 1.29 is 19.1 Å². The third kappa shape index (κ3) is 3.06. The fourth-order valence-electron chi connectivity index (χ4n) is 8.60. The van der Waals surface area contributed by atoms with Gasteiger partial charge in [-0.3, -0.25) is 4.79 Å². The number of ether oxygens (including phenoxy) is 1. The number of carbonyl (C=O) groups is 1. The van der Waals surface area contributed by atoms with Crippen LogP contribution < -0.4 is 5.63 Å². The molecule has 4 aliphatic rings. The predicted octanol–water partition coefficient (Wildman–Crippen LogP) is 5.03. The van der Waals surface area contributed by atoms with Crippen LogP contribution in [-0.2, 0) is 9.53 Å². The quantitative estimate of drug-likeness (QED) is 0.492. The molecule has 0 amide bonds. The summed E-state index contributed by atoms with van der Waals surface area (Å²) >= 11 is 7.59. The van der Waals surface area contributed by atoms with E-state index in [-0.39, 0.29) is 40.4 Å². The van der Waals surface area contributed by atoms with Crippen molar-refractivity contribution in [2.45, 2.75) is 95.1 Å². The Morgan fingerprint density at radius 1 is 1.12 bits per heavy atom. The number of fused-ring (bicyclic) bond motifs is 5. The summed E-state index contributed by atoms with van der Waals surface area (Å²) in [5.74, 6) is 1.14. The molecule has 0 spiro atoms. The summed E-state index contributed by atoms with van der Waals surface area (Å²) in [7, 11) is 0. The van der Waals surface area contributed by atoms with Crippen LogP contribution in [0.25, 0.3) is 0 Å². The first kappa shape index (κ1) is 22.5. The van der Waals surface area contributed by atoms with Gasteiger partial charge in [0.15, 0.2) is 0 Å². The second-order valence-electron chi connectivity index (χ2n) is 11.4. The van der Waals surface area contributed by atoms with Gasteiger partial charge in [0.25, 0.3) is 0 Å². The fraction of sp³-hybridized carbons (Fsp3) is 0.769. The van der Waals surface area contributed by atoms with E-state index in [4.69, 9.17) is 20.8 Å². The lowest BCUT2D eigenvalue weighted by Crippen LogP contribution is -2.62. The molecule has 1 N–H and O–H groups in total. The second kappa shape index (κ2) is 7.59. The van der Waals surface area contributed by atoms with Crippen molar-refractivity contribution in [3.8, 4) is 0 Å². The summed E-state index contributed by atoms with van der Waals surface area (Å²) in [4.78, 5) is 22.3. The highest BCUT2D eigenvalue weighted by molar-refractivity contribution is 6.25. The van der Waals surface area contributed by atoms with Crippen LogP contribution in [0.4, 0.5) is 0 Å². The maximum absolute atomic E-state index is 11.5. The van der Waals surface area contributed by atoms with E-state index in [1.807, 2.05) is 6.07 Å². The molecule has 5 nitrogen and oxygen atoms in total. The molecule has 0 aromatic carbocycles. The first-order valence-electron chi connectivity index (χ1n) is 12.2. The number of esters is 1. The summed E-state index contributed by atoms with van der Waals surface area (Å²) in [6.45, 7) is 6.17. The molecule has 1 aromatic heterocycles. The van der Waals surface area contributed by atoms with Crippen LogP contribution in [0.3, 0.4) is 0 Å². The molecule has 32 heavy (non-hydrogen) atoms. The second-order valence-corrected chi connectivity index (χ2v) is 12.0. The zero-order valence-electron chi connectivity index (χ0n) is 19.3. The summed E-state index contributed by atoms with van der Waals surface area (Å²) in [6.07, 6.45) is 8.64. The Labute approximate surface area is 194 Å². The molecule has 0 radical (unpaired) electrons. The number of carbonyl (C=O) groups excluding carboxylic acids is 1. The Morgan fingerprint density at radius 3 is 2.59 bits per heavy atom. The van der Waals surface area contributed by atoms with Crippen LogP contribution in [0.5, 0.6) is 0 Å². The Kier molecular flexibility index (Phi) is 5.33. The average molecular weight is 463 g/mol. The lowest BCUT2D eigenvalue weighted by Gasteiger charge is -2.64. The lowest BCUT2D eigenvalue weighted by atomic mass is 9.44. The van der Waals surface area contributed by atoms with Crippen molar-refractivity contribution >= 4 is 17.6 Å². The van der Waals surface area contributed by atoms with Crippen molar-refractivity contribution in [2.24, 2.45) is 28.6 Å². The molecule has 4 saturated carbocycles. The average Bonchev–Trinajstić information content (AvgIpc) is 2.95. The normalized spacial score (nSPS) is 47.8. The minimum Gasteiger partial charge on any atom is -0.463 e. The predicted molar refractivity (Wildman–Crippen MR) is 121 cm³/mol. The lowest BCUT2D eigenvalue weighted by molar-refractivity contribution is -0.160. The smallest absolute Gasteiger partial charge is 0.335 e. The minimum atomic E-state index is -0.683. The van der Waals surface area contributed by atoms with Gasteiger partial charge in [-0.1, -0.05) is 13.8 Å². The summed E-state index contributed by atoms with van der Waals surface area (Å²) < 4.78 is 10.8. The zero-order valence-corrected chi connectivity index (χ0v) is 20.1. The number of halogens is 1. The van der Waals surface area contributed by atoms with Crippen molar-refractivity contribution in [2.75, 3.05) is 0 Å². The molecule has 1 aromatic rings. The Hall–Kier alpha value is -1.33. The van der Waals surface area contributed by atoms with Crippen LogP contribution in [-0.4, -0.2) is 28.2 Å². The van der Waals surface area contributed by atoms with Gasteiger partial charge >= 0.3 is 11.6 Å². The van der Waals surface area contributed by atoms with Gasteiger partial charge in [0, 0.05) is 13.0 Å². The highest BCUT2D eigenvalue weighted by atomic mass is 35.5. The molecule has 0 bridgehead atoms. The standard InChI is InChI=1S/C26H35ClO5/c1-15(28)32-18-8-10-24(2)17(12-18)5-6-20-19(24)9-11-25(3)21(13-22(29)26(20,25)27)16-4-7-23(30)31-14-16/h4,7,14,17-22,29H,5-6,8-13H2,1-3H3. The summed E-state index contributed by atoms with van der Waals surface area (Å²) in [5, 5.41) is 11.4. The molecule has 5 rings (SSSR count). The van der Waals surface area contributed by atoms with E-state index in [1.54, 1.807) is 6.26 Å². The Balaban J connectivity index is 1.45. The Morgan fingerprint density at radius 2 is 1.91 bits per heavy atom. The van der Waals surface area contributed by atoms with E-state index in [2.05, 4.69) is 13.8 Å². The van der Waals surface area contributed by atoms with E-state index in [0.29, 0.717) is 18.3 Å². The van der Waals surface area contributed by atoms with Gasteiger partial charge in [0.1, 0.15) is 6.10 Å². The van der Waals surface area contributed by atoms with Crippen LogP contribution in [0, 0.1) is 28.6 Å². The van der Waals surface area contributed by atoms with Crippen molar-refractivity contribution in [1.29, 1.82) is 0 Å². The van der Waals surface area contributed by atoms with E-state index in [9.17, 15) is 14.7 Å². The maximum atomic E-state index is 11.5. The number of hydrogen-bond donors (Lipinski definition) is 1. The van der Waals surface area contributed by atoms with Crippen LogP contribution in [0.2, 0.25) is 0 Å². The van der Waals surface area contributed by atoms with Gasteiger partial charge in [0.05, 0.1) is 17.2 Å². The van der Waals surface area contributed by atoms with Crippen LogP contribution in [0.1, 0.15) is 83.6 Å². The fourth-order valence-corrected chi connectivity index (χ4v) is 9.18. The van der Waals surface area contributed by atoms with E-state index < -0.39 is 11.0 Å². The van der Waals surface area contributed by atoms with Crippen LogP contribution in [0.15, 0.2) is 27.6 Å². The van der Waals surface area contributed by atoms with Gasteiger partial charge in [-0.2, -0.15) is 0 Å². The monoisotopic (exact) mass is 462 g/mol. The van der Waals surface area contributed by atoms with E-state index in [1.165, 1.54) is 13.0 Å². The molecule has 9 atom stereocenters. The van der Waals surface area contributed by atoms with Gasteiger partial charge in [-0.25, -0.2) is 4.79 Å². The largest absolute Gasteiger partial charge is 0.463 e. The van der Waals surface area contributed by atoms with Crippen molar-refractivity contribution in [3.05, 3.63) is 34.4 Å². The number of aliphatic hydroxyl groups excluding tert-OH is 1. The molecule has 9 unspecified atom stereocenters. The third-order valence-electron chi connectivity index (χ3n) is 10.2. The first-order valence-corrected chi connectivity index (χ1v) is 12.6. The number of alkyl halides is 1. The van der Waals surface area contributed by atoms with Gasteiger partial charge in [0.2, 0.25) is 0 Å². The summed E-state index contributed by atoms with van der Waals surface area (Å²) in [6, 6.07) is 3.32. The highest BCUT2D eigenvalue weighted by Gasteiger charge is 2.70. The molecule has 176 valence electrons. The highest BCUT2D eigenvalue weighted by Crippen LogP contribution is 2.72. The molecule has 6 heteroatoms. The van der Waals surface area contributed by atoms with Gasteiger partial charge in [-0.15, -0.1) is 11.6 Å². The maximum Gasteiger partial charge on any atom is 0.335 e. The summed E-state index contributed by atoms with van der Waals surface area (Å²) in [5.41, 5.74) is 0.524. The molecule has 4 fully saturated rings. The molecular weight excluding hydrogens is 428 g/mol. The number of aliphatic hydroxyl groups is 1. The minimum absolute atomic E-state index is 0.0372. The topological polar surface area (TPSA) is 76.7 Å². The van der Waals surface area contributed by atoms with Gasteiger partial charge < -0.3 is 14.3 Å². The number of rotatable bonds is 2. The molecule has 0 aliphatic heterocycles. The van der Waals surface area contributed by atoms with Crippen LogP contribution >= 0.6 is 11.6 Å². The van der Waals surface area contributed by atoms with Crippen molar-refractivity contribution in [3.63, 3.8) is 0 Å². The van der Waals surface area contributed by atoms with E-state index in [0.717, 1.165) is 50.5 Å². The SMILES string of the molecule is CC(=O)OC1CCC2(C)C(CCC3C2CCC2(C)C(c4ccc(=O)oc4)CC(O)C32Cl)C1. The van der Waals surface area contributed by atoms with Gasteiger partial charge in [-0.05, 0) is 97.5 Å². The van der Waals surface area contributed by atoms with Crippen molar-refractivity contribution in [1.82, 2.24) is 0 Å². The first-order chi connectivity index (χ1) is 15.1. The van der Waals surface area contributed by atoms with E-state index >= 15 is 0 Å². The zero-order chi connectivity index (χ0) is 22.9. The number of hydrogen-bond acceptors (Lipinski definition) is 5. The molecule has 0 saturated heterocycles. The molecule has 4 aliphatic carbocycles. The third-order valence-corrected chi connectivity index (χ3v) is 11.2. The molecule has 1 heterocycles.